The summed E-state index contributed by atoms with van der Waals surface area (Å²) in [5.74, 6) is -1.02. The van der Waals surface area contributed by atoms with Crippen molar-refractivity contribution in [1.29, 1.82) is 0 Å². The highest BCUT2D eigenvalue weighted by atomic mass is 35.5. The van der Waals surface area contributed by atoms with Crippen molar-refractivity contribution in [3.63, 3.8) is 0 Å². The average molecular weight is 475 g/mol. The maximum absolute atomic E-state index is 13.4. The molecule has 0 saturated carbocycles. The number of thiophene rings is 1. The third kappa shape index (κ3) is 4.29. The van der Waals surface area contributed by atoms with Gasteiger partial charge in [0, 0.05) is 11.6 Å². The number of carbonyl (C=O) groups excluding carboxylic acids is 2. The Bertz CT molecular complexity index is 1210. The van der Waals surface area contributed by atoms with E-state index in [1.807, 2.05) is 31.2 Å². The van der Waals surface area contributed by atoms with Gasteiger partial charge in [0.25, 0.3) is 15.9 Å². The second-order valence-corrected chi connectivity index (χ2v) is 10.7. The van der Waals surface area contributed by atoms with E-state index in [1.165, 1.54) is 6.07 Å². The van der Waals surface area contributed by atoms with Crippen molar-refractivity contribution in [2.75, 3.05) is 4.90 Å². The molecular formula is C22H19ClN2O4S2. The van der Waals surface area contributed by atoms with E-state index >= 15 is 0 Å². The maximum Gasteiger partial charge on any atom is 0.253 e. The standard InChI is InChI=1S/C22H19ClN2O4S2/c1-15-4-6-16(7-5-15)14-24(31(28,29)21-3-2-12-30-21)19-13-20(26)25(22(19)27)18-10-8-17(23)9-11-18/h2-12,19H,13-14H2,1H3. The van der Waals surface area contributed by atoms with Crippen LogP contribution in [0.2, 0.25) is 5.02 Å². The molecule has 3 aromatic rings. The second kappa shape index (κ2) is 8.55. The van der Waals surface area contributed by atoms with Crippen LogP contribution in [0.1, 0.15) is 17.5 Å². The highest BCUT2D eigenvalue weighted by Gasteiger charge is 2.47. The SMILES string of the molecule is Cc1ccc(CN(C2CC(=O)N(c3ccc(Cl)cc3)C2=O)S(=O)(=O)c2cccs2)cc1. The van der Waals surface area contributed by atoms with Gasteiger partial charge in [-0.15, -0.1) is 11.3 Å². The minimum absolute atomic E-state index is 0.0152. The zero-order valence-electron chi connectivity index (χ0n) is 16.6. The van der Waals surface area contributed by atoms with E-state index in [2.05, 4.69) is 0 Å². The van der Waals surface area contributed by atoms with E-state index in [9.17, 15) is 18.0 Å². The molecule has 2 heterocycles. The number of benzene rings is 2. The average Bonchev–Trinajstić information content (AvgIpc) is 3.37. The van der Waals surface area contributed by atoms with Crippen molar-refractivity contribution in [3.8, 4) is 0 Å². The Kier molecular flexibility index (Phi) is 5.98. The van der Waals surface area contributed by atoms with Gasteiger partial charge in [-0.1, -0.05) is 47.5 Å². The predicted octanol–water partition coefficient (Wildman–Crippen LogP) is 4.23. The lowest BCUT2D eigenvalue weighted by atomic mass is 10.1. The van der Waals surface area contributed by atoms with Gasteiger partial charge < -0.3 is 0 Å². The predicted molar refractivity (Wildman–Crippen MR) is 121 cm³/mol. The summed E-state index contributed by atoms with van der Waals surface area (Å²) in [6.07, 6.45) is -0.224. The van der Waals surface area contributed by atoms with Gasteiger partial charge in [-0.2, -0.15) is 4.31 Å². The lowest BCUT2D eigenvalue weighted by Crippen LogP contribution is -2.44. The van der Waals surface area contributed by atoms with Crippen LogP contribution in [0, 0.1) is 6.92 Å². The van der Waals surface area contributed by atoms with Crippen molar-refractivity contribution in [2.24, 2.45) is 0 Å². The first-order valence-corrected chi connectivity index (χ1v) is 12.2. The molecule has 160 valence electrons. The van der Waals surface area contributed by atoms with Gasteiger partial charge in [0.15, 0.2) is 0 Å². The van der Waals surface area contributed by atoms with Crippen LogP contribution < -0.4 is 4.90 Å². The molecule has 0 spiro atoms. The second-order valence-electron chi connectivity index (χ2n) is 7.23. The van der Waals surface area contributed by atoms with Crippen LogP contribution in [-0.4, -0.2) is 30.6 Å². The van der Waals surface area contributed by atoms with Crippen LogP contribution in [0.15, 0.2) is 70.3 Å². The first kappa shape index (κ1) is 21.7. The molecular weight excluding hydrogens is 456 g/mol. The number of hydrogen-bond acceptors (Lipinski definition) is 5. The molecule has 2 amide bonds. The molecule has 9 heteroatoms. The van der Waals surface area contributed by atoms with Crippen LogP contribution in [0.25, 0.3) is 0 Å². The number of hydrogen-bond donors (Lipinski definition) is 0. The molecule has 1 unspecified atom stereocenters. The summed E-state index contributed by atoms with van der Waals surface area (Å²) in [7, 11) is -3.99. The first-order chi connectivity index (χ1) is 14.8. The van der Waals surface area contributed by atoms with Crippen LogP contribution in [0.3, 0.4) is 0 Å². The van der Waals surface area contributed by atoms with Crippen LogP contribution in [0.4, 0.5) is 5.69 Å². The minimum Gasteiger partial charge on any atom is -0.274 e. The van der Waals surface area contributed by atoms with Crippen LogP contribution >= 0.6 is 22.9 Å². The highest BCUT2D eigenvalue weighted by molar-refractivity contribution is 7.91. The molecule has 6 nitrogen and oxygen atoms in total. The lowest BCUT2D eigenvalue weighted by molar-refractivity contribution is -0.122. The Morgan fingerprint density at radius 2 is 1.74 bits per heavy atom. The van der Waals surface area contributed by atoms with Crippen molar-refractivity contribution in [1.82, 2.24) is 4.31 Å². The fourth-order valence-electron chi connectivity index (χ4n) is 3.46. The Morgan fingerprint density at radius 3 is 2.35 bits per heavy atom. The highest BCUT2D eigenvalue weighted by Crippen LogP contribution is 2.32. The van der Waals surface area contributed by atoms with E-state index in [-0.39, 0.29) is 17.2 Å². The monoisotopic (exact) mass is 474 g/mol. The van der Waals surface area contributed by atoms with E-state index in [0.29, 0.717) is 10.7 Å². The van der Waals surface area contributed by atoms with Gasteiger partial charge in [0.2, 0.25) is 5.91 Å². The number of nitrogens with zero attached hydrogens (tertiary/aromatic N) is 2. The van der Waals surface area contributed by atoms with Gasteiger partial charge >= 0.3 is 0 Å². The maximum atomic E-state index is 13.4. The third-order valence-corrected chi connectivity index (χ3v) is 8.55. The Hall–Kier alpha value is -2.52. The van der Waals surface area contributed by atoms with Gasteiger partial charge in [0.1, 0.15) is 10.3 Å². The van der Waals surface area contributed by atoms with Crippen molar-refractivity contribution in [3.05, 3.63) is 82.2 Å². The largest absolute Gasteiger partial charge is 0.274 e. The molecule has 0 bridgehead atoms. The zero-order valence-corrected chi connectivity index (χ0v) is 19.0. The number of sulfonamides is 1. The Labute approximate surface area is 189 Å². The molecule has 31 heavy (non-hydrogen) atoms. The van der Waals surface area contributed by atoms with Crippen molar-refractivity contribution < 1.29 is 18.0 Å². The molecule has 1 aromatic heterocycles. The van der Waals surface area contributed by atoms with E-state index in [0.717, 1.165) is 31.7 Å². The summed E-state index contributed by atoms with van der Waals surface area (Å²) in [5.41, 5.74) is 2.14. The summed E-state index contributed by atoms with van der Waals surface area (Å²) in [4.78, 5) is 27.1. The van der Waals surface area contributed by atoms with Gasteiger partial charge in [-0.25, -0.2) is 13.3 Å². The number of anilines is 1. The molecule has 0 N–H and O–H groups in total. The number of rotatable bonds is 6. The van der Waals surface area contributed by atoms with Crippen molar-refractivity contribution in [2.45, 2.75) is 30.1 Å². The van der Waals surface area contributed by atoms with E-state index in [4.69, 9.17) is 11.6 Å². The van der Waals surface area contributed by atoms with Crippen LogP contribution in [0.5, 0.6) is 0 Å². The van der Waals surface area contributed by atoms with E-state index < -0.39 is 27.9 Å². The molecule has 1 saturated heterocycles. The first-order valence-electron chi connectivity index (χ1n) is 9.50. The van der Waals surface area contributed by atoms with Gasteiger partial charge in [0.05, 0.1) is 12.1 Å². The summed E-state index contributed by atoms with van der Waals surface area (Å²) < 4.78 is 28.1. The Balaban J connectivity index is 1.72. The van der Waals surface area contributed by atoms with E-state index in [1.54, 1.807) is 35.7 Å². The van der Waals surface area contributed by atoms with Crippen LogP contribution in [-0.2, 0) is 26.2 Å². The summed E-state index contributed by atoms with van der Waals surface area (Å²) in [5, 5.41) is 2.14. The Morgan fingerprint density at radius 1 is 1.06 bits per heavy atom. The fourth-order valence-corrected chi connectivity index (χ4v) is 6.28. The number of halogens is 1. The molecule has 0 aliphatic carbocycles. The molecule has 1 aliphatic heterocycles. The normalized spacial score (nSPS) is 17.0. The minimum atomic E-state index is -3.99. The topological polar surface area (TPSA) is 74.8 Å². The van der Waals surface area contributed by atoms with Gasteiger partial charge in [-0.05, 0) is 48.2 Å². The number of aryl methyl sites for hydroxylation is 1. The number of amides is 2. The molecule has 4 rings (SSSR count). The summed E-state index contributed by atoms with van der Waals surface area (Å²) in [6.45, 7) is 1.92. The molecule has 2 aromatic carbocycles. The lowest BCUT2D eigenvalue weighted by Gasteiger charge is -2.26. The van der Waals surface area contributed by atoms with Crippen molar-refractivity contribution >= 4 is 50.5 Å². The zero-order chi connectivity index (χ0) is 22.2. The molecule has 0 radical (unpaired) electrons. The number of carbonyl (C=O) groups is 2. The fraction of sp³-hybridized carbons (Fsp3) is 0.182. The summed E-state index contributed by atoms with van der Waals surface area (Å²) in [6, 6.07) is 15.7. The molecule has 1 aliphatic rings. The third-order valence-electron chi connectivity index (χ3n) is 5.07. The molecule has 1 fully saturated rings. The molecule has 1 atom stereocenters. The number of imide groups is 1. The quantitative estimate of drug-likeness (QED) is 0.501. The van der Waals surface area contributed by atoms with Gasteiger partial charge in [-0.3, -0.25) is 9.59 Å². The summed E-state index contributed by atoms with van der Waals surface area (Å²) >= 11 is 6.99. The smallest absolute Gasteiger partial charge is 0.253 e.